The van der Waals surface area contributed by atoms with E-state index in [1.165, 1.54) is 0 Å². The van der Waals surface area contributed by atoms with Gasteiger partial charge in [0.15, 0.2) is 0 Å². The Hall–Kier alpha value is -1.35. The smallest absolute Gasteiger partial charge is 0.224 e. The first-order valence-electron chi connectivity index (χ1n) is 7.21. The molecule has 1 aromatic carbocycles. The zero-order valence-corrected chi connectivity index (χ0v) is 12.1. The Balaban J connectivity index is 2.48. The van der Waals surface area contributed by atoms with Gasteiger partial charge in [0.1, 0.15) is 0 Å². The molecule has 0 fully saturated rings. The molecule has 1 amide bonds. The predicted molar refractivity (Wildman–Crippen MR) is 79.8 cm³/mol. The van der Waals surface area contributed by atoms with Crippen molar-refractivity contribution in [2.75, 3.05) is 6.54 Å². The van der Waals surface area contributed by atoms with E-state index in [1.54, 1.807) is 0 Å². The van der Waals surface area contributed by atoms with E-state index in [2.05, 4.69) is 19.2 Å². The minimum absolute atomic E-state index is 0.0787. The summed E-state index contributed by atoms with van der Waals surface area (Å²) in [5.41, 5.74) is 6.90. The highest BCUT2D eigenvalue weighted by Crippen LogP contribution is 2.09. The molecule has 3 heteroatoms. The predicted octanol–water partition coefficient (Wildman–Crippen LogP) is 2.50. The molecule has 2 unspecified atom stereocenters. The minimum Gasteiger partial charge on any atom is -0.353 e. The van der Waals surface area contributed by atoms with Crippen molar-refractivity contribution in [3.63, 3.8) is 0 Å². The van der Waals surface area contributed by atoms with Gasteiger partial charge in [0.05, 0.1) is 5.92 Å². The largest absolute Gasteiger partial charge is 0.353 e. The van der Waals surface area contributed by atoms with Gasteiger partial charge in [-0.05, 0) is 25.3 Å². The summed E-state index contributed by atoms with van der Waals surface area (Å²) in [5.74, 6) is -0.0542. The molecule has 19 heavy (non-hydrogen) atoms. The average Bonchev–Trinajstić information content (AvgIpc) is 2.43. The summed E-state index contributed by atoms with van der Waals surface area (Å²) in [6.45, 7) is 4.61. The fourth-order valence-corrected chi connectivity index (χ4v) is 2.12. The van der Waals surface area contributed by atoms with Crippen LogP contribution in [0, 0.1) is 5.92 Å². The Morgan fingerprint density at radius 3 is 2.58 bits per heavy atom. The second-order valence-electron chi connectivity index (χ2n) is 5.17. The van der Waals surface area contributed by atoms with Crippen LogP contribution >= 0.6 is 0 Å². The lowest BCUT2D eigenvalue weighted by atomic mass is 9.98. The summed E-state index contributed by atoms with van der Waals surface area (Å²) >= 11 is 0. The first-order valence-corrected chi connectivity index (χ1v) is 7.21. The van der Waals surface area contributed by atoms with Crippen LogP contribution < -0.4 is 11.1 Å². The lowest BCUT2D eigenvalue weighted by Crippen LogP contribution is -2.40. The molecule has 0 saturated heterocycles. The highest BCUT2D eigenvalue weighted by molar-refractivity contribution is 5.79. The van der Waals surface area contributed by atoms with Gasteiger partial charge in [-0.1, -0.05) is 50.1 Å². The number of benzene rings is 1. The van der Waals surface area contributed by atoms with E-state index < -0.39 is 0 Å². The van der Waals surface area contributed by atoms with Gasteiger partial charge < -0.3 is 11.1 Å². The molecule has 0 aliphatic rings. The number of amides is 1. The van der Waals surface area contributed by atoms with Crippen molar-refractivity contribution in [2.45, 2.75) is 45.6 Å². The summed E-state index contributed by atoms with van der Waals surface area (Å²) in [5, 5.41) is 3.07. The monoisotopic (exact) mass is 262 g/mol. The second kappa shape index (κ2) is 8.70. The molecule has 0 aliphatic carbocycles. The van der Waals surface area contributed by atoms with Crippen LogP contribution in [0.5, 0.6) is 0 Å². The molecule has 0 heterocycles. The molecular weight excluding hydrogens is 236 g/mol. The summed E-state index contributed by atoms with van der Waals surface area (Å²) in [6, 6.07) is 10.3. The molecule has 2 atom stereocenters. The average molecular weight is 262 g/mol. The van der Waals surface area contributed by atoms with Crippen LogP contribution in [0.1, 0.15) is 38.7 Å². The van der Waals surface area contributed by atoms with Gasteiger partial charge in [-0.25, -0.2) is 0 Å². The first-order chi connectivity index (χ1) is 9.17. The third-order valence-electron chi connectivity index (χ3n) is 3.36. The molecule has 0 saturated carbocycles. The third-order valence-corrected chi connectivity index (χ3v) is 3.36. The lowest BCUT2D eigenvalue weighted by Gasteiger charge is -2.19. The van der Waals surface area contributed by atoms with E-state index in [0.29, 0.717) is 13.0 Å². The van der Waals surface area contributed by atoms with Gasteiger partial charge in [0.2, 0.25) is 5.91 Å². The molecule has 1 aromatic rings. The normalized spacial score (nSPS) is 13.8. The number of carbonyl (C=O) groups is 1. The van der Waals surface area contributed by atoms with Gasteiger partial charge >= 0.3 is 0 Å². The zero-order chi connectivity index (χ0) is 14.1. The second-order valence-corrected chi connectivity index (χ2v) is 5.17. The van der Waals surface area contributed by atoms with Gasteiger partial charge in [-0.2, -0.15) is 0 Å². The van der Waals surface area contributed by atoms with Gasteiger partial charge in [-0.3, -0.25) is 4.79 Å². The van der Waals surface area contributed by atoms with E-state index in [9.17, 15) is 4.79 Å². The van der Waals surface area contributed by atoms with Crippen LogP contribution in [0.4, 0.5) is 0 Å². The maximum Gasteiger partial charge on any atom is 0.224 e. The van der Waals surface area contributed by atoms with Crippen LogP contribution in [0.3, 0.4) is 0 Å². The number of hydrogen-bond acceptors (Lipinski definition) is 2. The number of carbonyl (C=O) groups excluding carboxylic acids is 1. The standard InChI is InChI=1S/C16H26N2O/c1-3-4-8-13(2)18-16(19)15(12-17)11-14-9-6-5-7-10-14/h5-7,9-10,13,15H,3-4,8,11-12,17H2,1-2H3,(H,18,19). The van der Waals surface area contributed by atoms with Crippen molar-refractivity contribution in [3.8, 4) is 0 Å². The summed E-state index contributed by atoms with van der Waals surface area (Å²) < 4.78 is 0. The van der Waals surface area contributed by atoms with Crippen molar-refractivity contribution >= 4 is 5.91 Å². The lowest BCUT2D eigenvalue weighted by molar-refractivity contribution is -0.125. The fourth-order valence-electron chi connectivity index (χ4n) is 2.12. The minimum atomic E-state index is -0.133. The van der Waals surface area contributed by atoms with E-state index in [0.717, 1.165) is 24.8 Å². The molecule has 1 rings (SSSR count). The molecule has 3 nitrogen and oxygen atoms in total. The van der Waals surface area contributed by atoms with Crippen molar-refractivity contribution in [1.29, 1.82) is 0 Å². The molecular formula is C16H26N2O. The first kappa shape index (κ1) is 15.7. The zero-order valence-electron chi connectivity index (χ0n) is 12.1. The maximum atomic E-state index is 12.2. The maximum absolute atomic E-state index is 12.2. The Bertz CT molecular complexity index is 364. The summed E-state index contributed by atoms with van der Waals surface area (Å²) in [6.07, 6.45) is 4.05. The van der Waals surface area contributed by atoms with E-state index in [4.69, 9.17) is 5.73 Å². The third kappa shape index (κ3) is 5.88. The van der Waals surface area contributed by atoms with Gasteiger partial charge in [-0.15, -0.1) is 0 Å². The molecule has 0 aromatic heterocycles. The van der Waals surface area contributed by atoms with Crippen LogP contribution in [0.2, 0.25) is 0 Å². The molecule has 0 spiro atoms. The van der Waals surface area contributed by atoms with Gasteiger partial charge in [0.25, 0.3) is 0 Å². The van der Waals surface area contributed by atoms with E-state index >= 15 is 0 Å². The molecule has 0 aliphatic heterocycles. The van der Waals surface area contributed by atoms with Crippen LogP contribution in [0.15, 0.2) is 30.3 Å². The fraction of sp³-hybridized carbons (Fsp3) is 0.562. The molecule has 3 N–H and O–H groups in total. The highest BCUT2D eigenvalue weighted by atomic mass is 16.1. The number of rotatable bonds is 8. The Morgan fingerprint density at radius 2 is 2.00 bits per heavy atom. The SMILES string of the molecule is CCCCC(C)NC(=O)C(CN)Cc1ccccc1. The van der Waals surface area contributed by atoms with Crippen LogP contribution in [0.25, 0.3) is 0 Å². The van der Waals surface area contributed by atoms with Crippen LogP contribution in [-0.4, -0.2) is 18.5 Å². The molecule has 0 bridgehead atoms. The molecule has 0 radical (unpaired) electrons. The highest BCUT2D eigenvalue weighted by Gasteiger charge is 2.18. The van der Waals surface area contributed by atoms with Crippen molar-refractivity contribution in [3.05, 3.63) is 35.9 Å². The van der Waals surface area contributed by atoms with Crippen LogP contribution in [-0.2, 0) is 11.2 Å². The summed E-state index contributed by atoms with van der Waals surface area (Å²) in [4.78, 5) is 12.2. The quantitative estimate of drug-likeness (QED) is 0.756. The summed E-state index contributed by atoms with van der Waals surface area (Å²) in [7, 11) is 0. The number of unbranched alkanes of at least 4 members (excludes halogenated alkanes) is 1. The molecule has 106 valence electrons. The van der Waals surface area contributed by atoms with Crippen molar-refractivity contribution < 1.29 is 4.79 Å². The Kier molecular flexibility index (Phi) is 7.19. The topological polar surface area (TPSA) is 55.1 Å². The van der Waals surface area contributed by atoms with Gasteiger partial charge in [0, 0.05) is 12.6 Å². The van der Waals surface area contributed by atoms with E-state index in [-0.39, 0.29) is 17.9 Å². The Labute approximate surface area is 116 Å². The van der Waals surface area contributed by atoms with E-state index in [1.807, 2.05) is 30.3 Å². The Morgan fingerprint density at radius 1 is 1.32 bits per heavy atom. The number of nitrogens with two attached hydrogens (primary N) is 1. The number of nitrogens with one attached hydrogen (secondary N) is 1. The van der Waals surface area contributed by atoms with Crippen molar-refractivity contribution in [1.82, 2.24) is 5.32 Å². The van der Waals surface area contributed by atoms with Crippen molar-refractivity contribution in [2.24, 2.45) is 11.7 Å². The number of hydrogen-bond donors (Lipinski definition) is 2.